The molecule has 1 saturated heterocycles. The van der Waals surface area contributed by atoms with E-state index in [0.717, 1.165) is 43.9 Å². The van der Waals surface area contributed by atoms with Crippen molar-refractivity contribution >= 4 is 5.97 Å². The summed E-state index contributed by atoms with van der Waals surface area (Å²) in [5.74, 6) is 1.11. The van der Waals surface area contributed by atoms with Gasteiger partial charge < -0.3 is 9.63 Å². The Morgan fingerprint density at radius 3 is 3.00 bits per heavy atom. The van der Waals surface area contributed by atoms with Crippen LogP contribution in [0.25, 0.3) is 0 Å². The van der Waals surface area contributed by atoms with Gasteiger partial charge in [-0.2, -0.15) is 4.98 Å². The van der Waals surface area contributed by atoms with Gasteiger partial charge in [0.05, 0.1) is 5.56 Å². The Morgan fingerprint density at radius 2 is 2.29 bits per heavy atom. The van der Waals surface area contributed by atoms with E-state index in [-0.39, 0.29) is 11.8 Å². The number of benzene rings is 1. The lowest BCUT2D eigenvalue weighted by Gasteiger charge is -2.31. The fourth-order valence-electron chi connectivity index (χ4n) is 3.12. The quantitative estimate of drug-likeness (QED) is 0.907. The molecule has 1 aromatic heterocycles. The first kappa shape index (κ1) is 16.6. The molecule has 24 heavy (non-hydrogen) atoms. The molecule has 0 saturated carbocycles. The molecule has 1 aliphatic rings. The van der Waals surface area contributed by atoms with Crippen LogP contribution in [-0.2, 0) is 6.54 Å². The summed E-state index contributed by atoms with van der Waals surface area (Å²) in [5, 5.41) is 13.3. The van der Waals surface area contributed by atoms with E-state index in [1.165, 1.54) is 0 Å². The number of aromatic carboxylic acids is 1. The van der Waals surface area contributed by atoms with Gasteiger partial charge in [0.2, 0.25) is 5.89 Å². The minimum absolute atomic E-state index is 0.240. The van der Waals surface area contributed by atoms with Crippen molar-refractivity contribution < 1.29 is 14.4 Å². The number of piperidine rings is 1. The normalized spacial score (nSPS) is 18.9. The van der Waals surface area contributed by atoms with Gasteiger partial charge in [-0.25, -0.2) is 4.79 Å². The van der Waals surface area contributed by atoms with Gasteiger partial charge >= 0.3 is 5.97 Å². The summed E-state index contributed by atoms with van der Waals surface area (Å²) in [6.07, 6.45) is 2.14. The monoisotopic (exact) mass is 329 g/mol. The van der Waals surface area contributed by atoms with Gasteiger partial charge in [0.1, 0.15) is 0 Å². The molecule has 128 valence electrons. The van der Waals surface area contributed by atoms with E-state index in [1.54, 1.807) is 18.2 Å². The minimum atomic E-state index is -0.888. The second kappa shape index (κ2) is 7.13. The van der Waals surface area contributed by atoms with Crippen LogP contribution in [-0.4, -0.2) is 39.2 Å². The molecule has 0 spiro atoms. The SMILES string of the molecule is CC(C)c1nc(C2CCCN(Cc3cccc(C(=O)O)c3)C2)no1. The Balaban J connectivity index is 1.67. The second-order valence-corrected chi connectivity index (χ2v) is 6.73. The second-order valence-electron chi connectivity index (χ2n) is 6.73. The number of hydrogen-bond acceptors (Lipinski definition) is 5. The lowest BCUT2D eigenvalue weighted by Crippen LogP contribution is -2.34. The molecule has 1 fully saturated rings. The molecule has 1 aliphatic heterocycles. The zero-order valence-corrected chi connectivity index (χ0v) is 14.1. The van der Waals surface area contributed by atoms with Crippen LogP contribution >= 0.6 is 0 Å². The van der Waals surface area contributed by atoms with Crippen LogP contribution < -0.4 is 0 Å². The van der Waals surface area contributed by atoms with E-state index in [0.29, 0.717) is 11.5 Å². The van der Waals surface area contributed by atoms with Crippen LogP contribution in [0.1, 0.15) is 66.2 Å². The summed E-state index contributed by atoms with van der Waals surface area (Å²) >= 11 is 0. The number of likely N-dealkylation sites (tertiary alicyclic amines) is 1. The van der Waals surface area contributed by atoms with Gasteiger partial charge in [0.15, 0.2) is 5.82 Å². The van der Waals surface area contributed by atoms with Crippen molar-refractivity contribution in [2.45, 2.75) is 45.1 Å². The summed E-state index contributed by atoms with van der Waals surface area (Å²) in [5.41, 5.74) is 1.35. The molecule has 2 aromatic rings. The largest absolute Gasteiger partial charge is 0.478 e. The average molecular weight is 329 g/mol. The van der Waals surface area contributed by atoms with Crippen LogP contribution in [0.5, 0.6) is 0 Å². The number of nitrogens with zero attached hydrogens (tertiary/aromatic N) is 3. The first-order chi connectivity index (χ1) is 11.5. The number of aromatic nitrogens is 2. The summed E-state index contributed by atoms with van der Waals surface area (Å²) in [4.78, 5) is 18.0. The fraction of sp³-hybridized carbons (Fsp3) is 0.500. The first-order valence-corrected chi connectivity index (χ1v) is 8.41. The minimum Gasteiger partial charge on any atom is -0.478 e. The maximum atomic E-state index is 11.1. The standard InChI is InChI=1S/C18H23N3O3/c1-12(2)17-19-16(20-24-17)15-7-4-8-21(11-15)10-13-5-3-6-14(9-13)18(22)23/h3,5-6,9,12,15H,4,7-8,10-11H2,1-2H3,(H,22,23). The number of carbonyl (C=O) groups is 1. The molecule has 1 unspecified atom stereocenters. The molecule has 0 aliphatic carbocycles. The molecular weight excluding hydrogens is 306 g/mol. The number of hydrogen-bond donors (Lipinski definition) is 1. The van der Waals surface area contributed by atoms with Crippen LogP contribution in [0.2, 0.25) is 0 Å². The van der Waals surface area contributed by atoms with Crippen molar-refractivity contribution in [2.24, 2.45) is 0 Å². The zero-order chi connectivity index (χ0) is 17.1. The van der Waals surface area contributed by atoms with Crippen LogP contribution in [0, 0.1) is 0 Å². The zero-order valence-electron chi connectivity index (χ0n) is 14.1. The molecule has 2 heterocycles. The summed E-state index contributed by atoms with van der Waals surface area (Å²) in [6, 6.07) is 7.14. The van der Waals surface area contributed by atoms with Crippen molar-refractivity contribution in [1.29, 1.82) is 0 Å². The molecule has 0 radical (unpaired) electrons. The number of carboxylic acids is 1. The Kier molecular flexibility index (Phi) is 4.94. The molecule has 3 rings (SSSR count). The Bertz CT molecular complexity index is 711. The molecule has 1 N–H and O–H groups in total. The molecule has 6 heteroatoms. The predicted molar refractivity (Wildman–Crippen MR) is 89.0 cm³/mol. The van der Waals surface area contributed by atoms with Gasteiger partial charge in [-0.1, -0.05) is 31.1 Å². The average Bonchev–Trinajstić information content (AvgIpc) is 3.06. The highest BCUT2D eigenvalue weighted by atomic mass is 16.5. The van der Waals surface area contributed by atoms with Crippen molar-refractivity contribution in [3.05, 3.63) is 47.1 Å². The third-order valence-electron chi connectivity index (χ3n) is 4.40. The summed E-state index contributed by atoms with van der Waals surface area (Å²) in [7, 11) is 0. The van der Waals surface area contributed by atoms with E-state index in [2.05, 4.69) is 15.0 Å². The van der Waals surface area contributed by atoms with Crippen LogP contribution in [0.4, 0.5) is 0 Å². The Morgan fingerprint density at radius 1 is 1.46 bits per heavy atom. The molecule has 0 amide bonds. The van der Waals surface area contributed by atoms with Crippen molar-refractivity contribution in [3.8, 4) is 0 Å². The van der Waals surface area contributed by atoms with E-state index in [9.17, 15) is 4.79 Å². The fourth-order valence-corrected chi connectivity index (χ4v) is 3.12. The Hall–Kier alpha value is -2.21. The molecule has 6 nitrogen and oxygen atoms in total. The van der Waals surface area contributed by atoms with Gasteiger partial charge in [0, 0.05) is 24.9 Å². The van der Waals surface area contributed by atoms with E-state index in [1.807, 2.05) is 19.9 Å². The number of rotatable bonds is 5. The van der Waals surface area contributed by atoms with E-state index in [4.69, 9.17) is 9.63 Å². The lowest BCUT2D eigenvalue weighted by atomic mass is 9.96. The number of carboxylic acid groups (broad SMARTS) is 1. The van der Waals surface area contributed by atoms with Gasteiger partial charge in [0.25, 0.3) is 0 Å². The summed E-state index contributed by atoms with van der Waals surface area (Å²) < 4.78 is 5.33. The van der Waals surface area contributed by atoms with E-state index < -0.39 is 5.97 Å². The highest BCUT2D eigenvalue weighted by Gasteiger charge is 2.26. The van der Waals surface area contributed by atoms with Gasteiger partial charge in [-0.05, 0) is 37.1 Å². The smallest absolute Gasteiger partial charge is 0.335 e. The van der Waals surface area contributed by atoms with Crippen LogP contribution in [0.3, 0.4) is 0 Å². The highest BCUT2D eigenvalue weighted by molar-refractivity contribution is 5.87. The lowest BCUT2D eigenvalue weighted by molar-refractivity contribution is 0.0696. The van der Waals surface area contributed by atoms with Gasteiger partial charge in [-0.15, -0.1) is 0 Å². The van der Waals surface area contributed by atoms with Crippen molar-refractivity contribution in [1.82, 2.24) is 15.0 Å². The molecule has 1 aromatic carbocycles. The third kappa shape index (κ3) is 3.82. The third-order valence-corrected chi connectivity index (χ3v) is 4.40. The predicted octanol–water partition coefficient (Wildman–Crippen LogP) is 3.27. The van der Waals surface area contributed by atoms with Crippen molar-refractivity contribution in [2.75, 3.05) is 13.1 Å². The Labute approximate surface area is 141 Å². The summed E-state index contributed by atoms with van der Waals surface area (Å²) in [6.45, 7) is 6.70. The maximum Gasteiger partial charge on any atom is 0.335 e. The van der Waals surface area contributed by atoms with Crippen molar-refractivity contribution in [3.63, 3.8) is 0 Å². The first-order valence-electron chi connectivity index (χ1n) is 8.41. The van der Waals surface area contributed by atoms with Gasteiger partial charge in [-0.3, -0.25) is 4.90 Å². The topological polar surface area (TPSA) is 79.5 Å². The van der Waals surface area contributed by atoms with E-state index >= 15 is 0 Å². The molecule has 1 atom stereocenters. The maximum absolute atomic E-state index is 11.1. The molecule has 0 bridgehead atoms. The highest BCUT2D eigenvalue weighted by Crippen LogP contribution is 2.27. The molecular formula is C18H23N3O3. The van der Waals surface area contributed by atoms with Crippen LogP contribution in [0.15, 0.2) is 28.8 Å².